The van der Waals surface area contributed by atoms with Crippen molar-refractivity contribution in [2.24, 2.45) is 0 Å². The molecule has 0 N–H and O–H groups in total. The summed E-state index contributed by atoms with van der Waals surface area (Å²) in [5, 5.41) is 32.5. The Morgan fingerprint density at radius 3 is 1.39 bits per heavy atom. The van der Waals surface area contributed by atoms with Gasteiger partial charge in [0.05, 0.1) is 34.9 Å². The van der Waals surface area contributed by atoms with Crippen LogP contribution in [0.15, 0.2) is 124 Å². The topological polar surface area (TPSA) is 97.7 Å². The molecule has 2 aromatic heterocycles. The highest BCUT2D eigenvalue weighted by atomic mass is 16.3. The lowest BCUT2D eigenvalue weighted by Gasteiger charge is -2.13. The first-order valence-corrected chi connectivity index (χ1v) is 14.0. The third-order valence-corrected chi connectivity index (χ3v) is 8.17. The highest BCUT2D eigenvalue weighted by molar-refractivity contribution is 6.12. The highest BCUT2D eigenvalue weighted by Gasteiger charge is 2.18. The SMILES string of the molecule is N#Cc1ccc2oc3c(-c4cc(-c5ccccc5C#N)cc(-c5cccc6c5oc5ccc(C#N)cc56)c4)cccc3c2c1. The summed E-state index contributed by atoms with van der Waals surface area (Å²) in [7, 11) is 0. The Balaban J connectivity index is 1.43. The van der Waals surface area contributed by atoms with E-state index in [0.717, 1.165) is 66.1 Å². The van der Waals surface area contributed by atoms with Crippen molar-refractivity contribution in [1.82, 2.24) is 0 Å². The molecule has 0 unspecified atom stereocenters. The largest absolute Gasteiger partial charge is 0.455 e. The van der Waals surface area contributed by atoms with Crippen molar-refractivity contribution in [3.8, 4) is 51.6 Å². The molecule has 0 atom stereocenters. The maximum atomic E-state index is 9.96. The summed E-state index contributed by atoms with van der Waals surface area (Å²) in [5.41, 5.74) is 9.91. The van der Waals surface area contributed by atoms with Gasteiger partial charge in [0.1, 0.15) is 22.3 Å². The van der Waals surface area contributed by atoms with Crippen LogP contribution in [-0.2, 0) is 0 Å². The smallest absolute Gasteiger partial charge is 0.143 e. The second-order valence-electron chi connectivity index (χ2n) is 10.7. The first-order valence-electron chi connectivity index (χ1n) is 14.0. The van der Waals surface area contributed by atoms with Gasteiger partial charge in [-0.2, -0.15) is 15.8 Å². The zero-order chi connectivity index (χ0) is 29.8. The molecular formula is C39H19N3O2. The summed E-state index contributed by atoms with van der Waals surface area (Å²) < 4.78 is 12.8. The first-order chi connectivity index (χ1) is 21.6. The maximum absolute atomic E-state index is 9.96. The Hall–Kier alpha value is -6.61. The van der Waals surface area contributed by atoms with Crippen molar-refractivity contribution >= 4 is 43.9 Å². The van der Waals surface area contributed by atoms with Crippen LogP contribution in [0, 0.1) is 34.0 Å². The van der Waals surface area contributed by atoms with Crippen molar-refractivity contribution in [2.75, 3.05) is 0 Å². The average Bonchev–Trinajstić information content (AvgIpc) is 3.65. The number of hydrogen-bond acceptors (Lipinski definition) is 5. The van der Waals surface area contributed by atoms with E-state index in [4.69, 9.17) is 8.83 Å². The van der Waals surface area contributed by atoms with Crippen molar-refractivity contribution < 1.29 is 8.83 Å². The fourth-order valence-electron chi connectivity index (χ4n) is 6.12. The summed E-state index contributed by atoms with van der Waals surface area (Å²) in [4.78, 5) is 0. The number of fused-ring (bicyclic) bond motifs is 6. The molecule has 202 valence electrons. The van der Waals surface area contributed by atoms with E-state index in [1.165, 1.54) is 0 Å². The third kappa shape index (κ3) is 3.84. The molecule has 0 amide bonds. The number of nitriles is 3. The second-order valence-corrected chi connectivity index (χ2v) is 10.7. The van der Waals surface area contributed by atoms with Crippen molar-refractivity contribution in [3.05, 3.63) is 132 Å². The lowest BCUT2D eigenvalue weighted by Crippen LogP contribution is -1.89. The Labute approximate surface area is 251 Å². The van der Waals surface area contributed by atoms with Gasteiger partial charge in [0.2, 0.25) is 0 Å². The third-order valence-electron chi connectivity index (χ3n) is 8.17. The maximum Gasteiger partial charge on any atom is 0.143 e. The Kier molecular flexibility index (Phi) is 5.56. The fraction of sp³-hybridized carbons (Fsp3) is 0. The molecule has 8 rings (SSSR count). The van der Waals surface area contributed by atoms with Crippen LogP contribution in [0.1, 0.15) is 16.7 Å². The lowest BCUT2D eigenvalue weighted by molar-refractivity contribution is 0.670. The molecule has 0 spiro atoms. The van der Waals surface area contributed by atoms with E-state index in [2.05, 4.69) is 36.4 Å². The average molecular weight is 562 g/mol. The normalized spacial score (nSPS) is 11.1. The van der Waals surface area contributed by atoms with E-state index >= 15 is 0 Å². The van der Waals surface area contributed by atoms with Gasteiger partial charge >= 0.3 is 0 Å². The minimum absolute atomic E-state index is 0.573. The standard InChI is InChI=1S/C39H19N3O2/c40-20-23-11-13-36-34(15-23)32-9-3-7-30(38(32)43-36)27-17-26(29-6-2-1-5-25(29)22-42)18-28(19-27)31-8-4-10-33-35-16-24(21-41)12-14-37(35)44-39(31)33/h1-19H. The quantitative estimate of drug-likeness (QED) is 0.214. The van der Waals surface area contributed by atoms with Crippen LogP contribution >= 0.6 is 0 Å². The summed E-state index contributed by atoms with van der Waals surface area (Å²) in [6.45, 7) is 0. The van der Waals surface area contributed by atoms with E-state index in [9.17, 15) is 15.8 Å². The number of rotatable bonds is 3. The zero-order valence-electron chi connectivity index (χ0n) is 23.1. The van der Waals surface area contributed by atoms with Gasteiger partial charge in [-0.25, -0.2) is 0 Å². The molecule has 0 saturated carbocycles. The number of hydrogen-bond donors (Lipinski definition) is 0. The van der Waals surface area contributed by atoms with E-state index in [-0.39, 0.29) is 0 Å². The number of furan rings is 2. The Bertz CT molecular complexity index is 2450. The van der Waals surface area contributed by atoms with E-state index in [0.29, 0.717) is 27.9 Å². The zero-order valence-corrected chi connectivity index (χ0v) is 23.1. The van der Waals surface area contributed by atoms with Crippen LogP contribution in [0.5, 0.6) is 0 Å². The predicted molar refractivity (Wildman–Crippen MR) is 171 cm³/mol. The van der Waals surface area contributed by atoms with Crippen LogP contribution in [-0.4, -0.2) is 0 Å². The lowest BCUT2D eigenvalue weighted by atomic mass is 9.90. The number of benzene rings is 6. The van der Waals surface area contributed by atoms with Gasteiger partial charge in [-0.05, 0) is 82.9 Å². The Morgan fingerprint density at radius 1 is 0.409 bits per heavy atom. The molecule has 2 heterocycles. The fourth-order valence-corrected chi connectivity index (χ4v) is 6.12. The van der Waals surface area contributed by atoms with E-state index in [1.54, 1.807) is 12.1 Å². The predicted octanol–water partition coefficient (Wildman–Crippen LogP) is 10.1. The molecule has 5 nitrogen and oxygen atoms in total. The molecule has 0 aliphatic rings. The molecule has 0 aliphatic heterocycles. The first kappa shape index (κ1) is 25.1. The van der Waals surface area contributed by atoms with Crippen molar-refractivity contribution in [2.45, 2.75) is 0 Å². The second kappa shape index (κ2) is 9.74. The van der Waals surface area contributed by atoms with Gasteiger partial charge in [0, 0.05) is 32.7 Å². The monoisotopic (exact) mass is 561 g/mol. The van der Waals surface area contributed by atoms with Gasteiger partial charge in [-0.3, -0.25) is 0 Å². The molecule has 0 bridgehead atoms. The molecule has 8 aromatic rings. The van der Waals surface area contributed by atoms with Crippen LogP contribution in [0.25, 0.3) is 77.3 Å². The summed E-state index contributed by atoms with van der Waals surface area (Å²) in [6, 6.07) is 43.6. The minimum atomic E-state index is 0.573. The highest BCUT2D eigenvalue weighted by Crippen LogP contribution is 2.42. The molecule has 0 aliphatic carbocycles. The van der Waals surface area contributed by atoms with Gasteiger partial charge in [0.15, 0.2) is 0 Å². The van der Waals surface area contributed by atoms with E-state index in [1.807, 2.05) is 84.9 Å². The van der Waals surface area contributed by atoms with Gasteiger partial charge in [0.25, 0.3) is 0 Å². The molecule has 0 saturated heterocycles. The molecule has 5 heteroatoms. The summed E-state index contributed by atoms with van der Waals surface area (Å²) >= 11 is 0. The molecular weight excluding hydrogens is 542 g/mol. The number of para-hydroxylation sites is 2. The van der Waals surface area contributed by atoms with Gasteiger partial charge < -0.3 is 8.83 Å². The van der Waals surface area contributed by atoms with Crippen molar-refractivity contribution in [3.63, 3.8) is 0 Å². The Morgan fingerprint density at radius 2 is 0.886 bits per heavy atom. The molecule has 44 heavy (non-hydrogen) atoms. The van der Waals surface area contributed by atoms with Crippen LogP contribution in [0.4, 0.5) is 0 Å². The molecule has 0 radical (unpaired) electrons. The van der Waals surface area contributed by atoms with E-state index < -0.39 is 0 Å². The van der Waals surface area contributed by atoms with Crippen LogP contribution < -0.4 is 0 Å². The summed E-state index contributed by atoms with van der Waals surface area (Å²) in [5.74, 6) is 0. The molecule has 0 fully saturated rings. The molecule has 6 aromatic carbocycles. The van der Waals surface area contributed by atoms with Gasteiger partial charge in [-0.1, -0.05) is 54.6 Å². The number of nitrogens with zero attached hydrogens (tertiary/aromatic N) is 3. The van der Waals surface area contributed by atoms with Gasteiger partial charge in [-0.15, -0.1) is 0 Å². The summed E-state index contributed by atoms with van der Waals surface area (Å²) in [6.07, 6.45) is 0. The van der Waals surface area contributed by atoms with Crippen LogP contribution in [0.2, 0.25) is 0 Å². The van der Waals surface area contributed by atoms with Crippen molar-refractivity contribution in [1.29, 1.82) is 15.8 Å². The van der Waals surface area contributed by atoms with Crippen LogP contribution in [0.3, 0.4) is 0 Å². The minimum Gasteiger partial charge on any atom is -0.455 e.